The largest absolute Gasteiger partial charge is 0.460 e. The van der Waals surface area contributed by atoms with Crippen molar-refractivity contribution < 1.29 is 9.53 Å². The van der Waals surface area contributed by atoms with Gasteiger partial charge in [0.1, 0.15) is 5.60 Å². The molecule has 4 nitrogen and oxygen atoms in total. The highest BCUT2D eigenvalue weighted by atomic mass is 16.6. The van der Waals surface area contributed by atoms with Gasteiger partial charge in [0.2, 0.25) is 0 Å². The van der Waals surface area contributed by atoms with Crippen LogP contribution in [0.25, 0.3) is 0 Å². The third-order valence-corrected chi connectivity index (χ3v) is 3.22. The van der Waals surface area contributed by atoms with E-state index in [0.717, 1.165) is 12.8 Å². The third-order valence-electron chi connectivity index (χ3n) is 3.22. The Morgan fingerprint density at radius 2 is 2.16 bits per heavy atom. The van der Waals surface area contributed by atoms with E-state index < -0.39 is 5.60 Å². The highest BCUT2D eigenvalue weighted by Gasteiger charge is 2.31. The molecule has 0 bridgehead atoms. The first-order valence-electron chi connectivity index (χ1n) is 6.89. The van der Waals surface area contributed by atoms with Crippen molar-refractivity contribution in [3.05, 3.63) is 12.2 Å². The Hall–Kier alpha value is -1.16. The number of allylic oxidation sites excluding steroid dienone is 1. The van der Waals surface area contributed by atoms with Gasteiger partial charge in [-0.1, -0.05) is 6.08 Å². The van der Waals surface area contributed by atoms with Gasteiger partial charge in [-0.25, -0.2) is 0 Å². The topological polar surface area (TPSA) is 50.7 Å². The molecule has 4 heteroatoms. The molecule has 1 N–H and O–H groups in total. The van der Waals surface area contributed by atoms with Crippen LogP contribution in [0.1, 0.15) is 47.0 Å². The van der Waals surface area contributed by atoms with Crippen LogP contribution in [0.5, 0.6) is 0 Å². The Morgan fingerprint density at radius 3 is 2.63 bits per heavy atom. The molecule has 0 aromatic rings. The molecular weight excluding hydrogens is 240 g/mol. The zero-order valence-electron chi connectivity index (χ0n) is 12.7. The summed E-state index contributed by atoms with van der Waals surface area (Å²) in [6.45, 7) is 7.77. The van der Waals surface area contributed by atoms with Crippen LogP contribution >= 0.6 is 0 Å². The molecule has 2 atom stereocenters. The van der Waals surface area contributed by atoms with Gasteiger partial charge in [0.25, 0.3) is 0 Å². The third kappa shape index (κ3) is 5.15. The van der Waals surface area contributed by atoms with Gasteiger partial charge in [-0.2, -0.15) is 0 Å². The molecule has 0 saturated carbocycles. The van der Waals surface area contributed by atoms with Crippen molar-refractivity contribution in [2.45, 2.75) is 64.1 Å². The molecule has 0 aromatic heterocycles. The number of aliphatic imine (C=N–C) groups is 1. The molecule has 2 unspecified atom stereocenters. The molecule has 1 aliphatic heterocycles. The van der Waals surface area contributed by atoms with Crippen LogP contribution in [-0.4, -0.2) is 36.4 Å². The van der Waals surface area contributed by atoms with Gasteiger partial charge in [-0.15, -0.1) is 0 Å². The maximum Gasteiger partial charge on any atom is 0.306 e. The lowest BCUT2D eigenvalue weighted by molar-refractivity contribution is -0.154. The fourth-order valence-corrected chi connectivity index (χ4v) is 2.26. The van der Waals surface area contributed by atoms with E-state index in [0.29, 0.717) is 6.42 Å². The van der Waals surface area contributed by atoms with Crippen molar-refractivity contribution in [2.75, 3.05) is 7.05 Å². The number of rotatable bonds is 6. The molecule has 1 heterocycles. The van der Waals surface area contributed by atoms with Crippen LogP contribution in [0.15, 0.2) is 17.1 Å². The highest BCUT2D eigenvalue weighted by Crippen LogP contribution is 2.24. The van der Waals surface area contributed by atoms with Crippen LogP contribution in [0.4, 0.5) is 0 Å². The van der Waals surface area contributed by atoms with Gasteiger partial charge in [-0.3, -0.25) is 9.79 Å². The Labute approximate surface area is 116 Å². The number of esters is 1. The molecule has 1 rings (SSSR count). The van der Waals surface area contributed by atoms with E-state index in [9.17, 15) is 4.79 Å². The predicted molar refractivity (Wildman–Crippen MR) is 78.6 cm³/mol. The number of hydrogen-bond donors (Lipinski definition) is 1. The van der Waals surface area contributed by atoms with Gasteiger partial charge in [0.15, 0.2) is 0 Å². The van der Waals surface area contributed by atoms with Gasteiger partial charge >= 0.3 is 5.97 Å². The number of hydrogen-bond acceptors (Lipinski definition) is 4. The van der Waals surface area contributed by atoms with E-state index in [1.807, 2.05) is 40.1 Å². The first-order chi connectivity index (χ1) is 8.77. The maximum absolute atomic E-state index is 11.6. The summed E-state index contributed by atoms with van der Waals surface area (Å²) in [5.74, 6) is -0.127. The number of carbonyl (C=O) groups excluding carboxylic acids is 1. The molecule has 19 heavy (non-hydrogen) atoms. The van der Waals surface area contributed by atoms with Crippen molar-refractivity contribution >= 4 is 12.2 Å². The first-order valence-corrected chi connectivity index (χ1v) is 6.89. The van der Waals surface area contributed by atoms with Gasteiger partial charge in [0, 0.05) is 18.7 Å². The second-order valence-corrected chi connectivity index (χ2v) is 6.18. The summed E-state index contributed by atoms with van der Waals surface area (Å²) in [7, 11) is 1.94. The number of likely N-dealkylation sites (N-methyl/N-ethyl adjacent to an activating group) is 1. The fraction of sp³-hybridized carbons (Fsp3) is 0.733. The van der Waals surface area contributed by atoms with Crippen molar-refractivity contribution in [3.8, 4) is 0 Å². The van der Waals surface area contributed by atoms with Crippen LogP contribution in [-0.2, 0) is 9.53 Å². The summed E-state index contributed by atoms with van der Waals surface area (Å²) < 4.78 is 5.30. The summed E-state index contributed by atoms with van der Waals surface area (Å²) in [6.07, 6.45) is 8.06. The molecule has 0 spiro atoms. The Bertz CT molecular complexity index is 355. The van der Waals surface area contributed by atoms with E-state index >= 15 is 0 Å². The zero-order chi connectivity index (χ0) is 14.5. The fourth-order valence-electron chi connectivity index (χ4n) is 2.26. The molecular formula is C15H26N2O2. The van der Waals surface area contributed by atoms with E-state index in [-0.39, 0.29) is 17.6 Å². The lowest BCUT2D eigenvalue weighted by atomic mass is 9.89. The molecule has 0 aliphatic carbocycles. The minimum Gasteiger partial charge on any atom is -0.460 e. The number of carbonyl (C=O) groups is 1. The molecule has 0 radical (unpaired) electrons. The van der Waals surface area contributed by atoms with Crippen molar-refractivity contribution in [3.63, 3.8) is 0 Å². The quantitative estimate of drug-likeness (QED) is 0.751. The molecule has 0 saturated heterocycles. The summed E-state index contributed by atoms with van der Waals surface area (Å²) in [6, 6.07) is 0.241. The molecule has 1 aliphatic rings. The van der Waals surface area contributed by atoms with Crippen LogP contribution in [0.3, 0.4) is 0 Å². The lowest BCUT2D eigenvalue weighted by Crippen LogP contribution is -2.44. The van der Waals surface area contributed by atoms with E-state index in [2.05, 4.69) is 23.3 Å². The molecule has 0 aromatic carbocycles. The molecule has 0 amide bonds. The second-order valence-electron chi connectivity index (χ2n) is 6.18. The monoisotopic (exact) mass is 266 g/mol. The smallest absolute Gasteiger partial charge is 0.306 e. The van der Waals surface area contributed by atoms with E-state index in [1.165, 1.54) is 0 Å². The van der Waals surface area contributed by atoms with Gasteiger partial charge < -0.3 is 10.1 Å². The van der Waals surface area contributed by atoms with Gasteiger partial charge in [-0.05, 0) is 53.7 Å². The summed E-state index contributed by atoms with van der Waals surface area (Å²) in [5, 5.41) is 3.29. The Balaban J connectivity index is 2.37. The van der Waals surface area contributed by atoms with Crippen molar-refractivity contribution in [2.24, 2.45) is 4.99 Å². The minimum atomic E-state index is -0.399. The number of nitrogens with one attached hydrogen (secondary N) is 1. The Kier molecular flexibility index (Phi) is 5.29. The highest BCUT2D eigenvalue weighted by molar-refractivity contribution is 5.75. The standard InChI is InChI=1S/C15H26N2O2/c1-14(2,3)19-13(18)9-6-8-12(16-5)15(4)10-7-11-17-15/h7,10-12,16H,6,8-9H2,1-5H3. The maximum atomic E-state index is 11.6. The number of nitrogens with zero attached hydrogens (tertiary/aromatic N) is 1. The Morgan fingerprint density at radius 1 is 1.47 bits per heavy atom. The first kappa shape index (κ1) is 15.9. The summed E-state index contributed by atoms with van der Waals surface area (Å²) in [5.41, 5.74) is -0.591. The minimum absolute atomic E-state index is 0.127. The number of ether oxygens (including phenoxy) is 1. The van der Waals surface area contributed by atoms with Crippen LogP contribution < -0.4 is 5.32 Å². The van der Waals surface area contributed by atoms with E-state index in [4.69, 9.17) is 4.74 Å². The SMILES string of the molecule is CNC(CCCC(=O)OC(C)(C)C)C1(C)C=CC=N1. The van der Waals surface area contributed by atoms with Crippen molar-refractivity contribution in [1.29, 1.82) is 0 Å². The zero-order valence-corrected chi connectivity index (χ0v) is 12.7. The summed E-state index contributed by atoms with van der Waals surface area (Å²) in [4.78, 5) is 16.1. The van der Waals surface area contributed by atoms with E-state index in [1.54, 1.807) is 0 Å². The average Bonchev–Trinajstić information content (AvgIpc) is 2.70. The van der Waals surface area contributed by atoms with Gasteiger partial charge in [0.05, 0.1) is 5.54 Å². The average molecular weight is 266 g/mol. The summed E-state index contributed by atoms with van der Waals surface area (Å²) >= 11 is 0. The predicted octanol–water partition coefficient (Wildman–Crippen LogP) is 2.49. The lowest BCUT2D eigenvalue weighted by Gasteiger charge is -2.30. The van der Waals surface area contributed by atoms with Crippen LogP contribution in [0.2, 0.25) is 0 Å². The molecule has 108 valence electrons. The van der Waals surface area contributed by atoms with Crippen LogP contribution in [0, 0.1) is 0 Å². The normalized spacial score (nSPS) is 23.6. The second kappa shape index (κ2) is 6.33. The van der Waals surface area contributed by atoms with Crippen molar-refractivity contribution in [1.82, 2.24) is 5.32 Å². The molecule has 0 fully saturated rings.